The van der Waals surface area contributed by atoms with E-state index in [1.807, 2.05) is 42.5 Å². The van der Waals surface area contributed by atoms with Crippen LogP contribution in [0.5, 0.6) is 5.75 Å². The first-order valence-corrected chi connectivity index (χ1v) is 8.75. The minimum Gasteiger partial charge on any atom is -0.492 e. The zero-order chi connectivity index (χ0) is 17.3. The minimum atomic E-state index is 0. The topological polar surface area (TPSA) is 50.4 Å². The molecule has 2 aromatic rings. The van der Waals surface area contributed by atoms with E-state index >= 15 is 0 Å². The van der Waals surface area contributed by atoms with Gasteiger partial charge in [0.15, 0.2) is 0 Å². The van der Waals surface area contributed by atoms with Crippen LogP contribution < -0.4 is 15.4 Å². The fourth-order valence-corrected chi connectivity index (χ4v) is 2.83. The van der Waals surface area contributed by atoms with E-state index in [1.165, 1.54) is 5.57 Å². The first kappa shape index (κ1) is 20.0. The Morgan fingerprint density at radius 2 is 1.85 bits per heavy atom. The van der Waals surface area contributed by atoms with Crippen LogP contribution in [-0.4, -0.2) is 32.1 Å². The largest absolute Gasteiger partial charge is 0.492 e. The van der Waals surface area contributed by atoms with E-state index in [0.717, 1.165) is 36.4 Å². The summed E-state index contributed by atoms with van der Waals surface area (Å²) in [4.78, 5) is 12.0. The molecule has 0 aliphatic carbocycles. The Morgan fingerprint density at radius 1 is 1.08 bits per heavy atom. The lowest BCUT2D eigenvalue weighted by Crippen LogP contribution is -2.30. The van der Waals surface area contributed by atoms with Gasteiger partial charge in [0.1, 0.15) is 5.75 Å². The molecule has 1 amide bonds. The summed E-state index contributed by atoms with van der Waals surface area (Å²) in [6.45, 7) is 2.89. The highest BCUT2D eigenvalue weighted by Crippen LogP contribution is 2.29. The third-order valence-corrected chi connectivity index (χ3v) is 4.23. The van der Waals surface area contributed by atoms with E-state index in [0.29, 0.717) is 19.6 Å². The van der Waals surface area contributed by atoms with Gasteiger partial charge in [-0.1, -0.05) is 60.2 Å². The van der Waals surface area contributed by atoms with Crippen LogP contribution in [0.25, 0.3) is 11.1 Å². The molecule has 0 saturated heterocycles. The zero-order valence-corrected chi connectivity index (χ0v) is 15.6. The Bertz CT molecular complexity index is 732. The molecule has 4 nitrogen and oxygen atoms in total. The number of ether oxygens (including phenoxy) is 1. The average Bonchev–Trinajstić information content (AvgIpc) is 2.68. The number of para-hydroxylation sites is 1. The fraction of sp³-hybridized carbons (Fsp3) is 0.286. The third-order valence-electron chi connectivity index (χ3n) is 4.23. The van der Waals surface area contributed by atoms with E-state index in [4.69, 9.17) is 4.74 Å². The lowest BCUT2D eigenvalue weighted by molar-refractivity contribution is -0.121. The Labute approximate surface area is 161 Å². The van der Waals surface area contributed by atoms with Gasteiger partial charge in [0.2, 0.25) is 5.91 Å². The maximum absolute atomic E-state index is 12.0. The van der Waals surface area contributed by atoms with Crippen LogP contribution in [0.15, 0.2) is 66.2 Å². The van der Waals surface area contributed by atoms with E-state index in [-0.39, 0.29) is 18.3 Å². The summed E-state index contributed by atoms with van der Waals surface area (Å²) in [5.74, 6) is 0.833. The Morgan fingerprint density at radius 3 is 2.62 bits per heavy atom. The van der Waals surface area contributed by atoms with Crippen LogP contribution >= 0.6 is 12.4 Å². The van der Waals surface area contributed by atoms with Crippen LogP contribution in [0.1, 0.15) is 12.8 Å². The molecule has 1 heterocycles. The number of amides is 1. The molecule has 0 spiro atoms. The molecular formula is C21H25ClN2O2. The molecule has 1 aliphatic rings. The third kappa shape index (κ3) is 5.90. The van der Waals surface area contributed by atoms with Gasteiger partial charge in [-0.15, -0.1) is 12.4 Å². The molecule has 0 atom stereocenters. The van der Waals surface area contributed by atoms with Gasteiger partial charge in [-0.3, -0.25) is 4.79 Å². The minimum absolute atomic E-state index is 0. The molecule has 0 saturated carbocycles. The molecule has 0 aromatic heterocycles. The summed E-state index contributed by atoms with van der Waals surface area (Å²) in [5.41, 5.74) is 3.45. The normalized spacial score (nSPS) is 13.3. The van der Waals surface area contributed by atoms with E-state index in [1.54, 1.807) is 0 Å². The van der Waals surface area contributed by atoms with Crippen molar-refractivity contribution in [3.8, 4) is 16.9 Å². The maximum Gasteiger partial charge on any atom is 0.223 e. The number of halogens is 1. The highest BCUT2D eigenvalue weighted by molar-refractivity contribution is 5.85. The lowest BCUT2D eigenvalue weighted by Gasteiger charge is -2.15. The highest BCUT2D eigenvalue weighted by atomic mass is 35.5. The van der Waals surface area contributed by atoms with Crippen molar-refractivity contribution in [3.63, 3.8) is 0 Å². The Kier molecular flexibility index (Phi) is 8.19. The number of carbonyl (C=O) groups excluding carboxylic acids is 1. The van der Waals surface area contributed by atoms with Crippen molar-refractivity contribution in [1.82, 2.24) is 10.6 Å². The van der Waals surface area contributed by atoms with Crippen molar-refractivity contribution in [1.29, 1.82) is 0 Å². The van der Waals surface area contributed by atoms with E-state index in [9.17, 15) is 4.79 Å². The van der Waals surface area contributed by atoms with E-state index in [2.05, 4.69) is 28.8 Å². The molecule has 3 rings (SSSR count). The number of benzene rings is 2. The van der Waals surface area contributed by atoms with Gasteiger partial charge in [-0.05, 0) is 24.6 Å². The molecule has 1 aliphatic heterocycles. The summed E-state index contributed by atoms with van der Waals surface area (Å²) in [6, 6.07) is 18.1. The molecule has 2 N–H and O–H groups in total. The van der Waals surface area contributed by atoms with Gasteiger partial charge < -0.3 is 15.4 Å². The van der Waals surface area contributed by atoms with Crippen LogP contribution in [0, 0.1) is 0 Å². The van der Waals surface area contributed by atoms with E-state index < -0.39 is 0 Å². The van der Waals surface area contributed by atoms with Crippen molar-refractivity contribution in [2.75, 3.05) is 26.2 Å². The second kappa shape index (κ2) is 10.6. The second-order valence-corrected chi connectivity index (χ2v) is 6.05. The predicted molar refractivity (Wildman–Crippen MR) is 108 cm³/mol. The van der Waals surface area contributed by atoms with Crippen molar-refractivity contribution in [2.45, 2.75) is 12.8 Å². The molecule has 0 unspecified atom stereocenters. The van der Waals surface area contributed by atoms with Crippen molar-refractivity contribution in [3.05, 3.63) is 66.2 Å². The van der Waals surface area contributed by atoms with Gasteiger partial charge in [0.25, 0.3) is 0 Å². The Hall–Kier alpha value is -2.30. The molecule has 0 radical (unpaired) electrons. The second-order valence-electron chi connectivity index (χ2n) is 6.05. The standard InChI is InChI=1S/C21H24N2O2.ClH/c24-21(23-16-17-10-13-22-14-11-17)12-15-25-20-9-5-4-8-19(20)18-6-2-1-3-7-18;/h1-10,22H,11-16H2,(H,23,24);1H. The molecule has 138 valence electrons. The summed E-state index contributed by atoms with van der Waals surface area (Å²) in [6.07, 6.45) is 3.51. The number of carbonyl (C=O) groups is 1. The van der Waals surface area contributed by atoms with Gasteiger partial charge in [-0.25, -0.2) is 0 Å². The summed E-state index contributed by atoms with van der Waals surface area (Å²) in [5, 5.41) is 6.23. The van der Waals surface area contributed by atoms with Crippen LogP contribution in [0.4, 0.5) is 0 Å². The fourth-order valence-electron chi connectivity index (χ4n) is 2.83. The predicted octanol–water partition coefficient (Wildman–Crippen LogP) is 3.58. The smallest absolute Gasteiger partial charge is 0.223 e. The van der Waals surface area contributed by atoms with Gasteiger partial charge in [0.05, 0.1) is 13.0 Å². The molecular weight excluding hydrogens is 348 g/mol. The monoisotopic (exact) mass is 372 g/mol. The SMILES string of the molecule is Cl.O=C(CCOc1ccccc1-c1ccccc1)NCC1=CCNCC1. The highest BCUT2D eigenvalue weighted by Gasteiger charge is 2.08. The Balaban J connectivity index is 0.00000243. The first-order valence-electron chi connectivity index (χ1n) is 8.75. The van der Waals surface area contributed by atoms with Gasteiger partial charge in [-0.2, -0.15) is 0 Å². The number of nitrogens with one attached hydrogen (secondary N) is 2. The van der Waals surface area contributed by atoms with Gasteiger partial charge >= 0.3 is 0 Å². The quantitative estimate of drug-likeness (QED) is 0.730. The number of hydrogen-bond donors (Lipinski definition) is 2. The maximum atomic E-state index is 12.0. The molecule has 2 aromatic carbocycles. The van der Waals surface area contributed by atoms with Crippen LogP contribution in [-0.2, 0) is 4.79 Å². The van der Waals surface area contributed by atoms with Crippen molar-refractivity contribution < 1.29 is 9.53 Å². The van der Waals surface area contributed by atoms with Crippen molar-refractivity contribution in [2.24, 2.45) is 0 Å². The molecule has 0 fully saturated rings. The zero-order valence-electron chi connectivity index (χ0n) is 14.7. The average molecular weight is 373 g/mol. The van der Waals surface area contributed by atoms with Crippen molar-refractivity contribution >= 4 is 18.3 Å². The van der Waals surface area contributed by atoms with Gasteiger partial charge in [0, 0.05) is 18.7 Å². The lowest BCUT2D eigenvalue weighted by atomic mass is 10.1. The molecule has 0 bridgehead atoms. The van der Waals surface area contributed by atoms with Crippen LogP contribution in [0.3, 0.4) is 0 Å². The summed E-state index contributed by atoms with van der Waals surface area (Å²) >= 11 is 0. The molecule has 5 heteroatoms. The number of hydrogen-bond acceptors (Lipinski definition) is 3. The van der Waals surface area contributed by atoms with Crippen LogP contribution in [0.2, 0.25) is 0 Å². The molecule has 26 heavy (non-hydrogen) atoms. The first-order chi connectivity index (χ1) is 12.3. The summed E-state index contributed by atoms with van der Waals surface area (Å²) in [7, 11) is 0. The number of rotatable bonds is 7. The summed E-state index contributed by atoms with van der Waals surface area (Å²) < 4.78 is 5.87.